The number of aromatic nitrogens is 1. The Labute approximate surface area is 157 Å². The van der Waals surface area contributed by atoms with E-state index in [4.69, 9.17) is 16.3 Å². The highest BCUT2D eigenvalue weighted by molar-refractivity contribution is 7.09. The normalized spacial score (nSPS) is 10.6. The first-order chi connectivity index (χ1) is 12.5. The Hall–Kier alpha value is -2.51. The second-order valence-corrected chi connectivity index (χ2v) is 6.70. The monoisotopic (exact) mass is 394 g/mol. The molecule has 0 bridgehead atoms. The maximum atomic E-state index is 13.6. The molecule has 0 spiro atoms. The van der Waals surface area contributed by atoms with Crippen molar-refractivity contribution in [3.8, 4) is 5.75 Å². The fraction of sp³-hybridized carbons (Fsp3) is 0.111. The molecule has 3 aromatic rings. The van der Waals surface area contributed by atoms with Crippen LogP contribution in [-0.2, 0) is 17.8 Å². The van der Waals surface area contributed by atoms with Crippen molar-refractivity contribution in [2.45, 2.75) is 13.0 Å². The molecule has 0 radical (unpaired) electrons. The maximum Gasteiger partial charge on any atom is 0.230 e. The standard InChI is InChI=1S/C18H13ClF2N2O2S/c19-11-1-6-15(21)16(7-11)23-17(24)8-13-10-26-18(22-13)9-25-14-4-2-12(20)3-5-14/h1-7,10H,8-9H2,(H,23,24). The van der Waals surface area contributed by atoms with Crippen molar-refractivity contribution < 1.29 is 18.3 Å². The van der Waals surface area contributed by atoms with E-state index in [1.807, 2.05) is 0 Å². The molecule has 1 N–H and O–H groups in total. The quantitative estimate of drug-likeness (QED) is 0.651. The first-order valence-corrected chi connectivity index (χ1v) is 8.82. The van der Waals surface area contributed by atoms with E-state index >= 15 is 0 Å². The lowest BCUT2D eigenvalue weighted by Gasteiger charge is -2.06. The van der Waals surface area contributed by atoms with Gasteiger partial charge in [-0.2, -0.15) is 0 Å². The molecule has 1 aromatic heterocycles. The third-order valence-electron chi connectivity index (χ3n) is 3.32. The molecule has 0 saturated heterocycles. The fourth-order valence-corrected chi connectivity index (χ4v) is 3.00. The average molecular weight is 395 g/mol. The Balaban J connectivity index is 1.55. The summed E-state index contributed by atoms with van der Waals surface area (Å²) in [5.74, 6) is -0.773. The summed E-state index contributed by atoms with van der Waals surface area (Å²) in [7, 11) is 0. The summed E-state index contributed by atoms with van der Waals surface area (Å²) in [5.41, 5.74) is 0.574. The van der Waals surface area contributed by atoms with Gasteiger partial charge in [0.15, 0.2) is 0 Å². The molecule has 1 heterocycles. The van der Waals surface area contributed by atoms with E-state index in [1.165, 1.54) is 53.8 Å². The zero-order chi connectivity index (χ0) is 18.5. The SMILES string of the molecule is O=C(Cc1csc(COc2ccc(F)cc2)n1)Nc1cc(Cl)ccc1F. The number of ether oxygens (including phenoxy) is 1. The largest absolute Gasteiger partial charge is 0.486 e. The van der Waals surface area contributed by atoms with Crippen LogP contribution in [0.3, 0.4) is 0 Å². The van der Waals surface area contributed by atoms with Gasteiger partial charge in [-0.15, -0.1) is 11.3 Å². The first-order valence-electron chi connectivity index (χ1n) is 7.56. The molecule has 0 fully saturated rings. The lowest BCUT2D eigenvalue weighted by Crippen LogP contribution is -2.15. The zero-order valence-corrected chi connectivity index (χ0v) is 14.9. The highest BCUT2D eigenvalue weighted by atomic mass is 35.5. The highest BCUT2D eigenvalue weighted by Crippen LogP contribution is 2.20. The van der Waals surface area contributed by atoms with Gasteiger partial charge in [-0.3, -0.25) is 4.79 Å². The molecule has 0 aliphatic carbocycles. The summed E-state index contributed by atoms with van der Waals surface area (Å²) in [6.45, 7) is 0.209. The van der Waals surface area contributed by atoms with Crippen molar-refractivity contribution in [1.82, 2.24) is 4.98 Å². The lowest BCUT2D eigenvalue weighted by atomic mass is 10.2. The van der Waals surface area contributed by atoms with E-state index in [0.717, 1.165) is 0 Å². The summed E-state index contributed by atoms with van der Waals surface area (Å²) in [4.78, 5) is 16.3. The average Bonchev–Trinajstić information content (AvgIpc) is 3.05. The second-order valence-electron chi connectivity index (χ2n) is 5.32. The predicted molar refractivity (Wildman–Crippen MR) is 96.6 cm³/mol. The van der Waals surface area contributed by atoms with Gasteiger partial charge in [-0.25, -0.2) is 13.8 Å². The molecule has 0 atom stereocenters. The Kier molecular flexibility index (Phi) is 5.80. The molecular weight excluding hydrogens is 382 g/mol. The van der Waals surface area contributed by atoms with Crippen LogP contribution >= 0.6 is 22.9 Å². The van der Waals surface area contributed by atoms with E-state index in [0.29, 0.717) is 21.5 Å². The number of hydrogen-bond donors (Lipinski definition) is 1. The van der Waals surface area contributed by atoms with Gasteiger partial charge in [-0.1, -0.05) is 11.6 Å². The van der Waals surface area contributed by atoms with Crippen molar-refractivity contribution in [2.75, 3.05) is 5.32 Å². The smallest absolute Gasteiger partial charge is 0.230 e. The minimum Gasteiger partial charge on any atom is -0.486 e. The molecule has 4 nitrogen and oxygen atoms in total. The van der Waals surface area contributed by atoms with Crippen LogP contribution in [0.25, 0.3) is 0 Å². The third kappa shape index (κ3) is 5.00. The number of nitrogens with one attached hydrogen (secondary N) is 1. The van der Waals surface area contributed by atoms with Gasteiger partial charge < -0.3 is 10.1 Å². The van der Waals surface area contributed by atoms with Gasteiger partial charge in [0.25, 0.3) is 0 Å². The number of carbonyl (C=O) groups is 1. The van der Waals surface area contributed by atoms with Gasteiger partial charge in [0.1, 0.15) is 29.0 Å². The van der Waals surface area contributed by atoms with E-state index in [1.54, 1.807) is 5.38 Å². The van der Waals surface area contributed by atoms with E-state index < -0.39 is 11.7 Å². The van der Waals surface area contributed by atoms with Gasteiger partial charge in [0.2, 0.25) is 5.91 Å². The first kappa shape index (κ1) is 18.3. The Morgan fingerprint density at radius 3 is 2.73 bits per heavy atom. The number of hydrogen-bond acceptors (Lipinski definition) is 4. The number of carbonyl (C=O) groups excluding carboxylic acids is 1. The molecule has 0 aliphatic heterocycles. The second kappa shape index (κ2) is 8.25. The molecule has 134 valence electrons. The predicted octanol–water partition coefficient (Wildman–Crippen LogP) is 4.83. The van der Waals surface area contributed by atoms with Crippen LogP contribution in [0, 0.1) is 11.6 Å². The van der Waals surface area contributed by atoms with Crippen LogP contribution in [-0.4, -0.2) is 10.9 Å². The third-order valence-corrected chi connectivity index (χ3v) is 4.43. The Bertz CT molecular complexity index is 916. The summed E-state index contributed by atoms with van der Waals surface area (Å²) >= 11 is 7.13. The molecule has 0 aliphatic rings. The molecular formula is C18H13ClF2N2O2S. The highest BCUT2D eigenvalue weighted by Gasteiger charge is 2.11. The van der Waals surface area contributed by atoms with Crippen molar-refractivity contribution in [2.24, 2.45) is 0 Å². The van der Waals surface area contributed by atoms with Gasteiger partial charge in [0, 0.05) is 10.4 Å². The van der Waals surface area contributed by atoms with Crippen molar-refractivity contribution in [1.29, 1.82) is 0 Å². The minimum absolute atomic E-state index is 0.000991. The van der Waals surface area contributed by atoms with Crippen LogP contribution in [0.4, 0.5) is 14.5 Å². The lowest BCUT2D eigenvalue weighted by molar-refractivity contribution is -0.115. The Morgan fingerprint density at radius 1 is 1.19 bits per heavy atom. The topological polar surface area (TPSA) is 51.2 Å². The molecule has 2 aromatic carbocycles. The van der Waals surface area contributed by atoms with Crippen molar-refractivity contribution in [3.05, 3.63) is 75.2 Å². The van der Waals surface area contributed by atoms with E-state index in [2.05, 4.69) is 10.3 Å². The van der Waals surface area contributed by atoms with Crippen molar-refractivity contribution >= 4 is 34.5 Å². The van der Waals surface area contributed by atoms with E-state index in [-0.39, 0.29) is 24.5 Å². The summed E-state index contributed by atoms with van der Waals surface area (Å²) in [5, 5.41) is 5.21. The molecule has 26 heavy (non-hydrogen) atoms. The van der Waals surface area contributed by atoms with Crippen molar-refractivity contribution in [3.63, 3.8) is 0 Å². The van der Waals surface area contributed by atoms with Crippen LogP contribution in [0.2, 0.25) is 5.02 Å². The minimum atomic E-state index is -0.561. The number of nitrogens with zero attached hydrogens (tertiary/aromatic N) is 1. The van der Waals surface area contributed by atoms with Crippen LogP contribution in [0.1, 0.15) is 10.7 Å². The number of thiazole rings is 1. The maximum absolute atomic E-state index is 13.6. The van der Waals surface area contributed by atoms with E-state index in [9.17, 15) is 13.6 Å². The molecule has 3 rings (SSSR count). The van der Waals surface area contributed by atoms with Crippen LogP contribution in [0.5, 0.6) is 5.75 Å². The van der Waals surface area contributed by atoms with Gasteiger partial charge in [-0.05, 0) is 42.5 Å². The summed E-state index contributed by atoms with van der Waals surface area (Å²) < 4.78 is 32.0. The zero-order valence-electron chi connectivity index (χ0n) is 13.3. The summed E-state index contributed by atoms with van der Waals surface area (Å²) in [6, 6.07) is 9.60. The number of rotatable bonds is 6. The molecule has 8 heteroatoms. The van der Waals surface area contributed by atoms with Gasteiger partial charge >= 0.3 is 0 Å². The number of amides is 1. The molecule has 1 amide bonds. The summed E-state index contributed by atoms with van der Waals surface area (Å²) in [6.07, 6.45) is -0.000991. The molecule has 0 saturated carbocycles. The van der Waals surface area contributed by atoms with Gasteiger partial charge in [0.05, 0.1) is 17.8 Å². The number of anilines is 1. The number of benzene rings is 2. The fourth-order valence-electron chi connectivity index (χ4n) is 2.12. The molecule has 0 unspecified atom stereocenters. The van der Waals surface area contributed by atoms with Crippen LogP contribution in [0.15, 0.2) is 47.8 Å². The Morgan fingerprint density at radius 2 is 1.96 bits per heavy atom. The number of halogens is 3. The van der Waals surface area contributed by atoms with Crippen LogP contribution < -0.4 is 10.1 Å².